The maximum absolute atomic E-state index is 10.7. The van der Waals surface area contributed by atoms with E-state index in [1.807, 2.05) is 0 Å². The third kappa shape index (κ3) is 2.94. The van der Waals surface area contributed by atoms with Gasteiger partial charge in [0, 0.05) is 24.4 Å². The molecule has 0 saturated carbocycles. The van der Waals surface area contributed by atoms with Gasteiger partial charge in [-0.2, -0.15) is 0 Å². The van der Waals surface area contributed by atoms with Crippen LogP contribution in [0.15, 0.2) is 0 Å². The Morgan fingerprint density at radius 2 is 1.88 bits per heavy atom. The molecule has 9 atom stereocenters. The van der Waals surface area contributed by atoms with Gasteiger partial charge in [-0.1, -0.05) is 13.8 Å². The topological polar surface area (TPSA) is 76.4 Å². The van der Waals surface area contributed by atoms with E-state index in [4.69, 9.17) is 4.74 Å². The maximum Gasteiger partial charge on any atom is 0.224 e. The molecule has 3 heterocycles. The molecule has 0 bridgehead atoms. The number of hydrogen-bond acceptors (Lipinski definition) is 6. The van der Waals surface area contributed by atoms with E-state index in [1.54, 1.807) is 0 Å². The highest BCUT2D eigenvalue weighted by atomic mass is 16.6. The van der Waals surface area contributed by atoms with Crippen LogP contribution < -0.4 is 0 Å². The first kappa shape index (κ1) is 19.5. The Bertz CT molecular complexity index is 481. The van der Waals surface area contributed by atoms with Gasteiger partial charge >= 0.3 is 0 Å². The molecular weight excluding hydrogens is 322 g/mol. The third-order valence-corrected chi connectivity index (χ3v) is 6.93. The summed E-state index contributed by atoms with van der Waals surface area (Å²) in [5.74, 6) is 0.977. The smallest absolute Gasteiger partial charge is 0.224 e. The molecule has 0 aromatic carbocycles. The molecule has 0 radical (unpaired) electrons. The number of likely N-dealkylation sites (tertiary alicyclic amines) is 1. The summed E-state index contributed by atoms with van der Waals surface area (Å²) in [4.78, 5) is 4.93. The normalized spacial score (nSPS) is 51.8. The van der Waals surface area contributed by atoms with Crippen LogP contribution >= 0.6 is 0 Å². The fraction of sp³-hybridized carbons (Fsp3) is 1.00. The number of likely N-dealkylation sites (N-methyl/N-ethyl adjacent to an activating group) is 1. The zero-order valence-corrected chi connectivity index (χ0v) is 16.2. The van der Waals surface area contributed by atoms with E-state index in [1.165, 1.54) is 0 Å². The van der Waals surface area contributed by atoms with E-state index >= 15 is 0 Å². The van der Waals surface area contributed by atoms with Crippen LogP contribution in [-0.4, -0.2) is 107 Å². The molecule has 3 rings (SSSR count). The minimum Gasteiger partial charge on any atom is -0.394 e. The second kappa shape index (κ2) is 7.03. The molecule has 3 saturated heterocycles. The van der Waals surface area contributed by atoms with Crippen LogP contribution in [0.5, 0.6) is 0 Å². The van der Waals surface area contributed by atoms with Crippen molar-refractivity contribution in [3.8, 4) is 0 Å². The highest BCUT2D eigenvalue weighted by molar-refractivity contribution is 4.96. The van der Waals surface area contributed by atoms with Gasteiger partial charge < -0.3 is 20.1 Å². The minimum absolute atomic E-state index is 0.255. The van der Waals surface area contributed by atoms with E-state index in [0.717, 1.165) is 26.2 Å². The van der Waals surface area contributed by atoms with Gasteiger partial charge in [0.2, 0.25) is 6.23 Å². The monoisotopic (exact) mass is 358 g/mol. The fourth-order valence-corrected chi connectivity index (χ4v) is 5.78. The molecular formula is C18H36N3O4+. The van der Waals surface area contributed by atoms with Crippen LogP contribution in [0, 0.1) is 11.8 Å². The van der Waals surface area contributed by atoms with Gasteiger partial charge in [-0.25, -0.2) is 4.90 Å². The lowest BCUT2D eigenvalue weighted by molar-refractivity contribution is -0.980. The summed E-state index contributed by atoms with van der Waals surface area (Å²) in [6, 6.07) is 0.463. The lowest BCUT2D eigenvalue weighted by Crippen LogP contribution is -2.70. The largest absolute Gasteiger partial charge is 0.394 e. The minimum atomic E-state index is -1.03. The second-order valence-corrected chi connectivity index (χ2v) is 8.68. The molecule has 3 N–H and O–H groups in total. The van der Waals surface area contributed by atoms with Crippen LogP contribution in [0.25, 0.3) is 0 Å². The maximum atomic E-state index is 10.7. The number of aliphatic hydroxyl groups is 3. The summed E-state index contributed by atoms with van der Waals surface area (Å²) in [6.45, 7) is 9.34. The number of hydrogen-bond donors (Lipinski definition) is 3. The van der Waals surface area contributed by atoms with Crippen LogP contribution in [0.4, 0.5) is 0 Å². The van der Waals surface area contributed by atoms with E-state index in [0.29, 0.717) is 22.4 Å². The van der Waals surface area contributed by atoms with E-state index in [2.05, 4.69) is 44.7 Å². The van der Waals surface area contributed by atoms with Crippen LogP contribution in [-0.2, 0) is 4.74 Å². The summed E-state index contributed by atoms with van der Waals surface area (Å²) in [6.07, 6.45) is -1.86. The molecule has 0 aromatic heterocycles. The lowest BCUT2D eigenvalue weighted by Gasteiger charge is -2.52. The molecule has 146 valence electrons. The van der Waals surface area contributed by atoms with Crippen LogP contribution in [0.1, 0.15) is 27.2 Å². The molecule has 25 heavy (non-hydrogen) atoms. The van der Waals surface area contributed by atoms with Gasteiger partial charge in [0.1, 0.15) is 12.2 Å². The van der Waals surface area contributed by atoms with Crippen molar-refractivity contribution in [3.05, 3.63) is 0 Å². The molecule has 0 aliphatic carbocycles. The highest BCUT2D eigenvalue weighted by Crippen LogP contribution is 2.46. The summed E-state index contributed by atoms with van der Waals surface area (Å²) < 4.78 is 6.57. The average molecular weight is 359 g/mol. The predicted octanol–water partition coefficient (Wildman–Crippen LogP) is -0.533. The fourth-order valence-electron chi connectivity index (χ4n) is 5.78. The molecule has 3 aliphatic rings. The number of aliphatic hydroxyl groups excluding tert-OH is 3. The van der Waals surface area contributed by atoms with Crippen molar-refractivity contribution in [2.45, 2.75) is 63.9 Å². The SMILES string of the molecule is CCCN1CN(C)C(C)C2C(C)C[N+](C)(C3OC(CO)C(O)C3O)C21. The van der Waals surface area contributed by atoms with Gasteiger partial charge in [-0.3, -0.25) is 9.38 Å². The van der Waals surface area contributed by atoms with Crippen molar-refractivity contribution in [2.24, 2.45) is 11.8 Å². The van der Waals surface area contributed by atoms with Gasteiger partial charge in [0.15, 0.2) is 12.3 Å². The van der Waals surface area contributed by atoms with Crippen molar-refractivity contribution in [3.63, 3.8) is 0 Å². The average Bonchev–Trinajstić information content (AvgIpc) is 3.00. The quantitative estimate of drug-likeness (QED) is 0.587. The molecule has 9 unspecified atom stereocenters. The Balaban J connectivity index is 1.95. The Labute approximate surface area is 151 Å². The van der Waals surface area contributed by atoms with Crippen molar-refractivity contribution in [1.29, 1.82) is 0 Å². The predicted molar refractivity (Wildman–Crippen MR) is 94.3 cm³/mol. The highest BCUT2D eigenvalue weighted by Gasteiger charge is 2.64. The lowest BCUT2D eigenvalue weighted by atomic mass is 9.86. The third-order valence-electron chi connectivity index (χ3n) is 6.93. The van der Waals surface area contributed by atoms with Gasteiger partial charge in [0.25, 0.3) is 0 Å². The zero-order valence-electron chi connectivity index (χ0n) is 16.2. The molecule has 7 nitrogen and oxygen atoms in total. The Kier molecular flexibility index (Phi) is 5.48. The summed E-state index contributed by atoms with van der Waals surface area (Å²) >= 11 is 0. The van der Waals surface area contributed by atoms with Crippen molar-refractivity contribution in [1.82, 2.24) is 9.80 Å². The van der Waals surface area contributed by atoms with E-state index in [-0.39, 0.29) is 12.8 Å². The molecule has 0 aromatic rings. The number of fused-ring (bicyclic) bond motifs is 1. The zero-order chi connectivity index (χ0) is 18.5. The molecule has 7 heteroatoms. The van der Waals surface area contributed by atoms with Gasteiger partial charge in [-0.15, -0.1) is 0 Å². The molecule has 3 fully saturated rings. The summed E-state index contributed by atoms with van der Waals surface area (Å²) in [5.41, 5.74) is 0. The Morgan fingerprint density at radius 1 is 1.20 bits per heavy atom. The number of ether oxygens (including phenoxy) is 1. The first-order valence-corrected chi connectivity index (χ1v) is 9.67. The number of quaternary nitrogens is 1. The van der Waals surface area contributed by atoms with Crippen LogP contribution in [0.3, 0.4) is 0 Å². The summed E-state index contributed by atoms with van der Waals surface area (Å²) in [7, 11) is 4.34. The second-order valence-electron chi connectivity index (χ2n) is 8.68. The Hall–Kier alpha value is -0.280. The van der Waals surface area contributed by atoms with E-state index < -0.39 is 24.5 Å². The van der Waals surface area contributed by atoms with Gasteiger partial charge in [0.05, 0.1) is 26.9 Å². The van der Waals surface area contributed by atoms with E-state index in [9.17, 15) is 15.3 Å². The molecule has 3 aliphatic heterocycles. The van der Waals surface area contributed by atoms with Crippen molar-refractivity contribution in [2.75, 3.05) is 40.5 Å². The standard InChI is InChI=1S/C18H36N3O4/c1-6-7-20-10-19(4)12(3)14-11(2)8-21(5,17(14)20)18-16(24)15(23)13(9-22)25-18/h11-18,22-24H,6-10H2,1-5H3/q+1. The number of nitrogens with zero attached hydrogens (tertiary/aromatic N) is 3. The molecule has 0 spiro atoms. The molecule has 0 amide bonds. The first-order chi connectivity index (χ1) is 11.8. The Morgan fingerprint density at radius 3 is 2.44 bits per heavy atom. The van der Waals surface area contributed by atoms with Crippen LogP contribution in [0.2, 0.25) is 0 Å². The number of rotatable bonds is 4. The summed E-state index contributed by atoms with van der Waals surface area (Å²) in [5, 5.41) is 30.4. The van der Waals surface area contributed by atoms with Crippen molar-refractivity contribution < 1.29 is 24.5 Å². The van der Waals surface area contributed by atoms with Crippen molar-refractivity contribution >= 4 is 0 Å². The van der Waals surface area contributed by atoms with Gasteiger partial charge in [-0.05, 0) is 20.4 Å². The first-order valence-electron chi connectivity index (χ1n) is 9.67.